The Kier molecular flexibility index (Phi) is 3.88. The lowest BCUT2D eigenvalue weighted by Gasteiger charge is -2.50. The van der Waals surface area contributed by atoms with Crippen LogP contribution in [0.15, 0.2) is 18.2 Å². The molecule has 1 heterocycles. The number of rotatable bonds is 2. The average Bonchev–Trinajstić information content (AvgIpc) is 2.35. The third kappa shape index (κ3) is 2.77. The number of anilines is 1. The first-order chi connectivity index (χ1) is 8.85. The van der Waals surface area contributed by atoms with Gasteiger partial charge in [0.15, 0.2) is 0 Å². The number of likely N-dealkylation sites (N-methyl/N-ethyl adjacent to an activating group) is 1. The Morgan fingerprint density at radius 3 is 2.53 bits per heavy atom. The van der Waals surface area contributed by atoms with Crippen LogP contribution in [-0.4, -0.2) is 43.2 Å². The predicted molar refractivity (Wildman–Crippen MR) is 82.8 cm³/mol. The van der Waals surface area contributed by atoms with Crippen molar-refractivity contribution in [1.82, 2.24) is 4.90 Å². The van der Waals surface area contributed by atoms with Crippen molar-refractivity contribution in [2.75, 3.05) is 31.6 Å². The van der Waals surface area contributed by atoms with Gasteiger partial charge in [0.05, 0.1) is 0 Å². The maximum atomic E-state index is 5.94. The number of aryl methyl sites for hydroxylation is 2. The first-order valence-electron chi connectivity index (χ1n) is 7.10. The molecule has 1 aliphatic heterocycles. The molecule has 1 fully saturated rings. The Labute approximate surface area is 117 Å². The van der Waals surface area contributed by atoms with Crippen molar-refractivity contribution >= 4 is 5.69 Å². The molecule has 2 N–H and O–H groups in total. The third-order valence-electron chi connectivity index (χ3n) is 4.64. The highest BCUT2D eigenvalue weighted by Gasteiger charge is 2.36. The molecule has 3 heteroatoms. The van der Waals surface area contributed by atoms with Gasteiger partial charge in [0.25, 0.3) is 0 Å². The summed E-state index contributed by atoms with van der Waals surface area (Å²) >= 11 is 0. The summed E-state index contributed by atoms with van der Waals surface area (Å²) in [6, 6.07) is 7.17. The molecule has 0 radical (unpaired) electrons. The fraction of sp³-hybridized carbons (Fsp3) is 0.625. The van der Waals surface area contributed by atoms with Crippen LogP contribution in [-0.2, 0) is 0 Å². The van der Waals surface area contributed by atoms with E-state index in [4.69, 9.17) is 5.73 Å². The van der Waals surface area contributed by atoms with Crippen LogP contribution in [0.25, 0.3) is 0 Å². The molecule has 2 rings (SSSR count). The van der Waals surface area contributed by atoms with Gasteiger partial charge in [-0.2, -0.15) is 0 Å². The summed E-state index contributed by atoms with van der Waals surface area (Å²) < 4.78 is 0. The molecule has 1 aliphatic rings. The van der Waals surface area contributed by atoms with Crippen LogP contribution >= 0.6 is 0 Å². The number of nitrogens with zero attached hydrogens (tertiary/aromatic N) is 2. The van der Waals surface area contributed by atoms with Crippen molar-refractivity contribution in [3.05, 3.63) is 29.3 Å². The van der Waals surface area contributed by atoms with Crippen molar-refractivity contribution in [1.29, 1.82) is 0 Å². The summed E-state index contributed by atoms with van der Waals surface area (Å²) in [6.45, 7) is 11.7. The van der Waals surface area contributed by atoms with Crippen LogP contribution in [0.4, 0.5) is 5.69 Å². The van der Waals surface area contributed by atoms with Crippen LogP contribution in [0, 0.1) is 13.8 Å². The quantitative estimate of drug-likeness (QED) is 0.885. The molecule has 0 aliphatic carbocycles. The number of hydrogen-bond acceptors (Lipinski definition) is 3. The summed E-state index contributed by atoms with van der Waals surface area (Å²) in [4.78, 5) is 4.90. The lowest BCUT2D eigenvalue weighted by atomic mass is 9.94. The second-order valence-electron chi connectivity index (χ2n) is 6.46. The molecule has 0 amide bonds. The fourth-order valence-electron chi connectivity index (χ4n) is 2.87. The number of piperazine rings is 1. The van der Waals surface area contributed by atoms with Crippen molar-refractivity contribution in [3.8, 4) is 0 Å². The van der Waals surface area contributed by atoms with Crippen LogP contribution in [0.1, 0.15) is 25.0 Å². The minimum Gasteiger partial charge on any atom is -0.368 e. The molecule has 0 aromatic heterocycles. The van der Waals surface area contributed by atoms with Crippen LogP contribution in [0.2, 0.25) is 0 Å². The molecule has 0 bridgehead atoms. The molecule has 0 spiro atoms. The molecule has 106 valence electrons. The lowest BCUT2D eigenvalue weighted by molar-refractivity contribution is 0.0845. The standard InChI is InChI=1S/C16H27N3/c1-12-6-7-14(8-13(12)2)19-10-15(9-17)18(5)16(3,4)11-19/h6-8,15H,9-11,17H2,1-5H3. The topological polar surface area (TPSA) is 32.5 Å². The van der Waals surface area contributed by atoms with E-state index in [0.717, 1.165) is 13.1 Å². The van der Waals surface area contributed by atoms with E-state index in [1.807, 2.05) is 0 Å². The average molecular weight is 261 g/mol. The molecule has 3 nitrogen and oxygen atoms in total. The summed E-state index contributed by atoms with van der Waals surface area (Å²) in [5, 5.41) is 0. The molecule has 1 unspecified atom stereocenters. The monoisotopic (exact) mass is 261 g/mol. The molecule has 1 saturated heterocycles. The molecule has 0 saturated carbocycles. The minimum absolute atomic E-state index is 0.154. The summed E-state index contributed by atoms with van der Waals surface area (Å²) in [6.07, 6.45) is 0. The largest absolute Gasteiger partial charge is 0.368 e. The second-order valence-corrected chi connectivity index (χ2v) is 6.46. The maximum Gasteiger partial charge on any atom is 0.0396 e. The van der Waals surface area contributed by atoms with Crippen molar-refractivity contribution in [3.63, 3.8) is 0 Å². The van der Waals surface area contributed by atoms with E-state index in [9.17, 15) is 0 Å². The van der Waals surface area contributed by atoms with Gasteiger partial charge in [-0.3, -0.25) is 4.90 Å². The van der Waals surface area contributed by atoms with E-state index < -0.39 is 0 Å². The zero-order valence-electron chi connectivity index (χ0n) is 12.9. The molecule has 19 heavy (non-hydrogen) atoms. The Hall–Kier alpha value is -1.06. The Bertz CT molecular complexity index is 453. The van der Waals surface area contributed by atoms with E-state index in [2.05, 4.69) is 62.7 Å². The third-order valence-corrected chi connectivity index (χ3v) is 4.64. The number of nitrogens with two attached hydrogens (primary N) is 1. The molecule has 1 atom stereocenters. The number of hydrogen-bond donors (Lipinski definition) is 1. The zero-order chi connectivity index (χ0) is 14.2. The van der Waals surface area contributed by atoms with Crippen molar-refractivity contribution in [2.24, 2.45) is 5.73 Å². The first-order valence-corrected chi connectivity index (χ1v) is 7.10. The second kappa shape index (κ2) is 5.14. The minimum atomic E-state index is 0.154. The van der Waals surface area contributed by atoms with Crippen LogP contribution in [0.3, 0.4) is 0 Å². The first kappa shape index (κ1) is 14.4. The van der Waals surface area contributed by atoms with Gasteiger partial charge < -0.3 is 10.6 Å². The van der Waals surface area contributed by atoms with Gasteiger partial charge in [-0.15, -0.1) is 0 Å². The fourth-order valence-corrected chi connectivity index (χ4v) is 2.87. The van der Waals surface area contributed by atoms with E-state index in [0.29, 0.717) is 12.6 Å². The highest BCUT2D eigenvalue weighted by Crippen LogP contribution is 2.28. The number of benzene rings is 1. The van der Waals surface area contributed by atoms with Gasteiger partial charge in [-0.1, -0.05) is 6.07 Å². The Balaban J connectivity index is 2.27. The van der Waals surface area contributed by atoms with Gasteiger partial charge >= 0.3 is 0 Å². The lowest BCUT2D eigenvalue weighted by Crippen LogP contribution is -2.64. The highest BCUT2D eigenvalue weighted by molar-refractivity contribution is 5.51. The molecular weight excluding hydrogens is 234 g/mol. The zero-order valence-corrected chi connectivity index (χ0v) is 12.9. The van der Waals surface area contributed by atoms with Gasteiger partial charge in [0.1, 0.15) is 0 Å². The normalized spacial score (nSPS) is 23.7. The summed E-state index contributed by atoms with van der Waals surface area (Å²) in [7, 11) is 2.19. The van der Waals surface area contributed by atoms with Crippen LogP contribution in [0.5, 0.6) is 0 Å². The predicted octanol–water partition coefficient (Wildman–Crippen LogP) is 2.16. The smallest absolute Gasteiger partial charge is 0.0396 e. The maximum absolute atomic E-state index is 5.94. The van der Waals surface area contributed by atoms with Crippen molar-refractivity contribution in [2.45, 2.75) is 39.3 Å². The van der Waals surface area contributed by atoms with E-state index >= 15 is 0 Å². The van der Waals surface area contributed by atoms with Gasteiger partial charge in [-0.25, -0.2) is 0 Å². The van der Waals surface area contributed by atoms with E-state index in [1.165, 1.54) is 16.8 Å². The van der Waals surface area contributed by atoms with Crippen LogP contribution < -0.4 is 10.6 Å². The molecular formula is C16H27N3. The van der Waals surface area contributed by atoms with Crippen molar-refractivity contribution < 1.29 is 0 Å². The van der Waals surface area contributed by atoms with Gasteiger partial charge in [-0.05, 0) is 58.0 Å². The summed E-state index contributed by atoms with van der Waals surface area (Å²) in [5.41, 5.74) is 10.1. The molecule has 1 aromatic rings. The van der Waals surface area contributed by atoms with Gasteiger partial charge in [0.2, 0.25) is 0 Å². The summed E-state index contributed by atoms with van der Waals surface area (Å²) in [5.74, 6) is 0. The molecule has 1 aromatic carbocycles. The van der Waals surface area contributed by atoms with E-state index in [-0.39, 0.29) is 5.54 Å². The Morgan fingerprint density at radius 2 is 1.95 bits per heavy atom. The Morgan fingerprint density at radius 1 is 1.26 bits per heavy atom. The van der Waals surface area contributed by atoms with Gasteiger partial charge in [0, 0.05) is 36.9 Å². The van der Waals surface area contributed by atoms with E-state index in [1.54, 1.807) is 0 Å². The highest BCUT2D eigenvalue weighted by atomic mass is 15.3. The SMILES string of the molecule is Cc1ccc(N2CC(CN)N(C)C(C)(C)C2)cc1C.